The molecule has 1 nitrogen and oxygen atoms in total. The molecule has 0 aliphatic heterocycles. The first-order valence-corrected chi connectivity index (χ1v) is 5.31. The summed E-state index contributed by atoms with van der Waals surface area (Å²) in [5, 5.41) is 0. The highest BCUT2D eigenvalue weighted by Gasteiger charge is 2.35. The second kappa shape index (κ2) is 2.93. The van der Waals surface area contributed by atoms with Crippen molar-refractivity contribution in [3.05, 3.63) is 59.7 Å². The van der Waals surface area contributed by atoms with E-state index in [1.54, 1.807) is 12.2 Å². The predicted octanol–water partition coefficient (Wildman–Crippen LogP) is 2.57. The van der Waals surface area contributed by atoms with Crippen LogP contribution in [0.1, 0.15) is 17.5 Å². The molecule has 0 unspecified atom stereocenters. The summed E-state index contributed by atoms with van der Waals surface area (Å²) in [6.45, 7) is 0. The molecule has 0 fully saturated rings. The van der Waals surface area contributed by atoms with E-state index >= 15 is 0 Å². The average molecular weight is 196 g/mol. The van der Waals surface area contributed by atoms with Gasteiger partial charge in [-0.25, -0.2) is 0 Å². The summed E-state index contributed by atoms with van der Waals surface area (Å²) in [4.78, 5) is 11.1. The Labute approximate surface area is 89.1 Å². The Morgan fingerprint density at radius 3 is 2.60 bits per heavy atom. The molecule has 2 aliphatic carbocycles. The first-order chi connectivity index (χ1) is 7.30. The number of allylic oxidation sites excluding steroid dienone is 4. The minimum Gasteiger partial charge on any atom is -0.290 e. The Bertz CT molecular complexity index is 464. The van der Waals surface area contributed by atoms with Crippen LogP contribution in [0.25, 0.3) is 0 Å². The fraction of sp³-hybridized carbons (Fsp3) is 0.214. The van der Waals surface area contributed by atoms with Gasteiger partial charge in [-0.2, -0.15) is 0 Å². The number of carbonyl (C=O) groups is 1. The molecular formula is C14H12O. The lowest BCUT2D eigenvalue weighted by molar-refractivity contribution is -0.110. The van der Waals surface area contributed by atoms with Crippen molar-refractivity contribution in [2.75, 3.05) is 0 Å². The van der Waals surface area contributed by atoms with Crippen LogP contribution in [-0.4, -0.2) is 5.78 Å². The minimum absolute atomic E-state index is 0.00447. The molecule has 0 heterocycles. The predicted molar refractivity (Wildman–Crippen MR) is 59.7 cm³/mol. The standard InChI is InChI=1S/C14H12O/c15-12-6-9-14(10-7-12)8-5-11-3-1-2-4-13(11)14/h1-4,6-7,9-10H,5,8H2. The molecule has 0 saturated heterocycles. The third-order valence-electron chi connectivity index (χ3n) is 3.42. The van der Waals surface area contributed by atoms with E-state index in [1.165, 1.54) is 11.1 Å². The van der Waals surface area contributed by atoms with Crippen LogP contribution < -0.4 is 0 Å². The third-order valence-corrected chi connectivity index (χ3v) is 3.42. The average Bonchev–Trinajstić information content (AvgIpc) is 2.63. The van der Waals surface area contributed by atoms with Crippen LogP contribution in [0, 0.1) is 0 Å². The van der Waals surface area contributed by atoms with E-state index in [9.17, 15) is 4.79 Å². The minimum atomic E-state index is 0.00447. The van der Waals surface area contributed by atoms with Gasteiger partial charge in [0.25, 0.3) is 0 Å². The molecule has 74 valence electrons. The molecular weight excluding hydrogens is 184 g/mol. The Balaban J connectivity index is 2.14. The van der Waals surface area contributed by atoms with Crippen molar-refractivity contribution in [3.63, 3.8) is 0 Å². The van der Waals surface area contributed by atoms with Crippen molar-refractivity contribution in [2.24, 2.45) is 0 Å². The van der Waals surface area contributed by atoms with Crippen molar-refractivity contribution in [1.82, 2.24) is 0 Å². The number of rotatable bonds is 0. The summed E-state index contributed by atoms with van der Waals surface area (Å²) in [7, 11) is 0. The van der Waals surface area contributed by atoms with E-state index in [0.717, 1.165) is 12.8 Å². The zero-order valence-corrected chi connectivity index (χ0v) is 8.44. The molecule has 1 heteroatoms. The second-order valence-electron chi connectivity index (χ2n) is 4.27. The summed E-state index contributed by atoms with van der Waals surface area (Å²) in [5.74, 6) is 0.102. The number of aryl methyl sites for hydroxylation is 1. The van der Waals surface area contributed by atoms with Gasteiger partial charge in [-0.15, -0.1) is 0 Å². The van der Waals surface area contributed by atoms with Gasteiger partial charge in [-0.3, -0.25) is 4.79 Å². The lowest BCUT2D eigenvalue weighted by Gasteiger charge is -2.24. The molecule has 1 aromatic rings. The molecule has 3 rings (SSSR count). The molecule has 0 aromatic heterocycles. The van der Waals surface area contributed by atoms with Crippen LogP contribution in [0.5, 0.6) is 0 Å². The fourth-order valence-corrected chi connectivity index (χ4v) is 2.59. The van der Waals surface area contributed by atoms with Gasteiger partial charge in [0.15, 0.2) is 5.78 Å². The first-order valence-electron chi connectivity index (χ1n) is 5.31. The number of benzene rings is 1. The van der Waals surface area contributed by atoms with Crippen LogP contribution >= 0.6 is 0 Å². The van der Waals surface area contributed by atoms with Crippen LogP contribution in [-0.2, 0) is 16.6 Å². The van der Waals surface area contributed by atoms with Crippen molar-refractivity contribution in [2.45, 2.75) is 18.3 Å². The summed E-state index contributed by atoms with van der Waals surface area (Å²) in [5.41, 5.74) is 2.79. The van der Waals surface area contributed by atoms with Gasteiger partial charge in [0.1, 0.15) is 0 Å². The normalized spacial score (nSPS) is 20.9. The Hall–Kier alpha value is -1.63. The van der Waals surface area contributed by atoms with E-state index < -0.39 is 0 Å². The Morgan fingerprint density at radius 1 is 1.07 bits per heavy atom. The zero-order valence-electron chi connectivity index (χ0n) is 8.44. The second-order valence-corrected chi connectivity index (χ2v) is 4.27. The SMILES string of the molecule is O=C1C=CC2(C=C1)CCc1ccccc12. The van der Waals surface area contributed by atoms with Crippen LogP contribution in [0.3, 0.4) is 0 Å². The molecule has 15 heavy (non-hydrogen) atoms. The van der Waals surface area contributed by atoms with E-state index in [4.69, 9.17) is 0 Å². The van der Waals surface area contributed by atoms with Crippen LogP contribution in [0.15, 0.2) is 48.6 Å². The summed E-state index contributed by atoms with van der Waals surface area (Å²) < 4.78 is 0. The summed E-state index contributed by atoms with van der Waals surface area (Å²) in [6, 6.07) is 8.51. The van der Waals surface area contributed by atoms with Gasteiger partial charge >= 0.3 is 0 Å². The highest BCUT2D eigenvalue weighted by molar-refractivity contribution is 6.00. The van der Waals surface area contributed by atoms with Gasteiger partial charge in [0.05, 0.1) is 0 Å². The molecule has 0 amide bonds. The highest BCUT2D eigenvalue weighted by Crippen LogP contribution is 2.42. The lowest BCUT2D eigenvalue weighted by Crippen LogP contribution is -2.20. The number of hydrogen-bond acceptors (Lipinski definition) is 1. The molecule has 1 aromatic carbocycles. The molecule has 1 spiro atoms. The van der Waals surface area contributed by atoms with Gasteiger partial charge in [0, 0.05) is 5.41 Å². The van der Waals surface area contributed by atoms with E-state index in [2.05, 4.69) is 36.4 Å². The van der Waals surface area contributed by atoms with Crippen molar-refractivity contribution < 1.29 is 4.79 Å². The van der Waals surface area contributed by atoms with Crippen molar-refractivity contribution in [3.8, 4) is 0 Å². The van der Waals surface area contributed by atoms with Gasteiger partial charge in [-0.1, -0.05) is 36.4 Å². The molecule has 0 radical (unpaired) electrons. The Morgan fingerprint density at radius 2 is 1.80 bits per heavy atom. The van der Waals surface area contributed by atoms with Gasteiger partial charge < -0.3 is 0 Å². The fourth-order valence-electron chi connectivity index (χ4n) is 2.59. The lowest BCUT2D eigenvalue weighted by atomic mass is 9.79. The maximum absolute atomic E-state index is 11.1. The monoisotopic (exact) mass is 196 g/mol. The van der Waals surface area contributed by atoms with Crippen molar-refractivity contribution in [1.29, 1.82) is 0 Å². The van der Waals surface area contributed by atoms with Crippen molar-refractivity contribution >= 4 is 5.78 Å². The summed E-state index contributed by atoms with van der Waals surface area (Å²) in [6.07, 6.45) is 9.71. The number of hydrogen-bond donors (Lipinski definition) is 0. The van der Waals surface area contributed by atoms with E-state index in [0.29, 0.717) is 0 Å². The first kappa shape index (κ1) is 8.66. The number of carbonyl (C=O) groups excluding carboxylic acids is 1. The third kappa shape index (κ3) is 1.19. The topological polar surface area (TPSA) is 17.1 Å². The highest BCUT2D eigenvalue weighted by atomic mass is 16.1. The maximum atomic E-state index is 11.1. The molecule has 2 aliphatic rings. The Kier molecular flexibility index (Phi) is 1.69. The maximum Gasteiger partial charge on any atom is 0.178 e. The van der Waals surface area contributed by atoms with Crippen LogP contribution in [0.2, 0.25) is 0 Å². The largest absolute Gasteiger partial charge is 0.290 e. The molecule has 0 saturated carbocycles. The zero-order chi connectivity index (χ0) is 10.3. The number of fused-ring (bicyclic) bond motifs is 2. The van der Waals surface area contributed by atoms with Gasteiger partial charge in [0.2, 0.25) is 0 Å². The van der Waals surface area contributed by atoms with Crippen LogP contribution in [0.4, 0.5) is 0 Å². The summed E-state index contributed by atoms with van der Waals surface area (Å²) >= 11 is 0. The van der Waals surface area contributed by atoms with Gasteiger partial charge in [-0.05, 0) is 36.1 Å². The van der Waals surface area contributed by atoms with E-state index in [-0.39, 0.29) is 11.2 Å². The molecule has 0 bridgehead atoms. The molecule has 0 N–H and O–H groups in total. The van der Waals surface area contributed by atoms with E-state index in [1.807, 2.05) is 0 Å². The molecule has 0 atom stereocenters. The smallest absolute Gasteiger partial charge is 0.178 e. The quantitative estimate of drug-likeness (QED) is 0.623. The number of ketones is 1.